The van der Waals surface area contributed by atoms with E-state index in [1.165, 1.54) is 0 Å². The topological polar surface area (TPSA) is 35.2 Å². The molecule has 21 heavy (non-hydrogen) atoms. The van der Waals surface area contributed by atoms with Crippen LogP contribution in [0.5, 0.6) is 5.75 Å². The molecular weight excluding hydrogens is 282 g/mol. The van der Waals surface area contributed by atoms with Gasteiger partial charge in [-0.15, -0.1) is 0 Å². The van der Waals surface area contributed by atoms with Crippen LogP contribution in [-0.2, 0) is 6.54 Å². The van der Waals surface area contributed by atoms with Gasteiger partial charge in [0, 0.05) is 17.0 Å². The quantitative estimate of drug-likeness (QED) is 0.765. The third-order valence-corrected chi connectivity index (χ3v) is 3.92. The van der Waals surface area contributed by atoms with E-state index in [1.807, 2.05) is 36.4 Å². The predicted octanol–water partition coefficient (Wildman–Crippen LogP) is 4.63. The van der Waals surface area contributed by atoms with E-state index in [-0.39, 0.29) is 0 Å². The Balaban J connectivity index is 2.34. The third-order valence-electron chi connectivity index (χ3n) is 3.69. The molecule has 0 spiro atoms. The zero-order valence-electron chi connectivity index (χ0n) is 11.8. The summed E-state index contributed by atoms with van der Waals surface area (Å²) in [6, 6.07) is 18.1. The third kappa shape index (κ3) is 2.48. The molecule has 0 heterocycles. The predicted molar refractivity (Wildman–Crippen MR) is 88.8 cm³/mol. The van der Waals surface area contributed by atoms with Crippen LogP contribution in [-0.4, -0.2) is 7.11 Å². The number of fused-ring (bicyclic) bond motifs is 1. The monoisotopic (exact) mass is 297 g/mol. The molecule has 0 amide bonds. The second-order valence-corrected chi connectivity index (χ2v) is 5.30. The van der Waals surface area contributed by atoms with Crippen LogP contribution in [0.2, 0.25) is 5.02 Å². The van der Waals surface area contributed by atoms with E-state index in [0.717, 1.165) is 33.2 Å². The van der Waals surface area contributed by atoms with E-state index in [0.29, 0.717) is 11.6 Å². The van der Waals surface area contributed by atoms with Gasteiger partial charge in [-0.1, -0.05) is 48.0 Å². The van der Waals surface area contributed by atoms with Crippen molar-refractivity contribution in [3.63, 3.8) is 0 Å². The Morgan fingerprint density at radius 1 is 0.952 bits per heavy atom. The van der Waals surface area contributed by atoms with E-state index in [4.69, 9.17) is 22.1 Å². The Bertz CT molecular complexity index is 798. The van der Waals surface area contributed by atoms with Crippen molar-refractivity contribution in [3.8, 4) is 16.9 Å². The highest BCUT2D eigenvalue weighted by Gasteiger charge is 2.11. The van der Waals surface area contributed by atoms with Gasteiger partial charge in [0.1, 0.15) is 5.75 Å². The Morgan fingerprint density at radius 3 is 2.43 bits per heavy atom. The maximum atomic E-state index is 6.17. The van der Waals surface area contributed by atoms with Crippen molar-refractivity contribution < 1.29 is 4.74 Å². The van der Waals surface area contributed by atoms with Crippen molar-refractivity contribution in [1.29, 1.82) is 0 Å². The fourth-order valence-corrected chi connectivity index (χ4v) is 2.83. The van der Waals surface area contributed by atoms with Gasteiger partial charge in [-0.2, -0.15) is 0 Å². The summed E-state index contributed by atoms with van der Waals surface area (Å²) >= 11 is 6.17. The molecule has 0 aliphatic rings. The number of ether oxygens (including phenoxy) is 1. The molecule has 0 atom stereocenters. The summed E-state index contributed by atoms with van der Waals surface area (Å²) < 4.78 is 5.45. The Hall–Kier alpha value is -2.03. The van der Waals surface area contributed by atoms with E-state index >= 15 is 0 Å². The molecule has 3 aromatic rings. The minimum Gasteiger partial charge on any atom is -0.496 e. The highest BCUT2D eigenvalue weighted by molar-refractivity contribution is 6.31. The molecule has 0 aliphatic carbocycles. The Kier molecular flexibility index (Phi) is 3.82. The van der Waals surface area contributed by atoms with Crippen LogP contribution in [0.15, 0.2) is 54.6 Å². The van der Waals surface area contributed by atoms with Gasteiger partial charge in [-0.3, -0.25) is 0 Å². The van der Waals surface area contributed by atoms with E-state index < -0.39 is 0 Å². The van der Waals surface area contributed by atoms with Crippen molar-refractivity contribution in [2.24, 2.45) is 5.73 Å². The lowest BCUT2D eigenvalue weighted by Crippen LogP contribution is -1.99. The van der Waals surface area contributed by atoms with Gasteiger partial charge in [0.25, 0.3) is 0 Å². The molecular formula is C18H16ClNO. The smallest absolute Gasteiger partial charge is 0.126 e. The fourth-order valence-electron chi connectivity index (χ4n) is 2.66. The summed E-state index contributed by atoms with van der Waals surface area (Å²) in [6.07, 6.45) is 0. The van der Waals surface area contributed by atoms with E-state index in [2.05, 4.69) is 18.2 Å². The average molecular weight is 298 g/mol. The molecule has 0 aliphatic heterocycles. The van der Waals surface area contributed by atoms with Crippen molar-refractivity contribution in [2.45, 2.75) is 6.54 Å². The number of hydrogen-bond acceptors (Lipinski definition) is 2. The SMILES string of the molecule is COc1ccc(-c2cc(Cl)ccc2CN)c2ccccc12. The maximum Gasteiger partial charge on any atom is 0.126 e. The lowest BCUT2D eigenvalue weighted by Gasteiger charge is -2.14. The number of halogens is 1. The summed E-state index contributed by atoms with van der Waals surface area (Å²) in [5, 5.41) is 2.93. The van der Waals surface area contributed by atoms with Crippen LogP contribution in [0.25, 0.3) is 21.9 Å². The lowest BCUT2D eigenvalue weighted by atomic mass is 9.94. The number of methoxy groups -OCH3 is 1. The van der Waals surface area contributed by atoms with Crippen LogP contribution < -0.4 is 10.5 Å². The highest BCUT2D eigenvalue weighted by Crippen LogP contribution is 2.36. The van der Waals surface area contributed by atoms with Gasteiger partial charge in [-0.25, -0.2) is 0 Å². The minimum atomic E-state index is 0.479. The Labute approximate surface area is 129 Å². The van der Waals surface area contributed by atoms with E-state index in [9.17, 15) is 0 Å². The minimum absolute atomic E-state index is 0.479. The number of benzene rings is 3. The average Bonchev–Trinajstić information content (AvgIpc) is 2.53. The molecule has 0 unspecified atom stereocenters. The molecule has 3 rings (SSSR count). The molecule has 2 N–H and O–H groups in total. The summed E-state index contributed by atoms with van der Waals surface area (Å²) in [7, 11) is 1.69. The maximum absolute atomic E-state index is 6.17. The van der Waals surface area contributed by atoms with Gasteiger partial charge in [0.15, 0.2) is 0 Å². The van der Waals surface area contributed by atoms with E-state index in [1.54, 1.807) is 7.11 Å². The van der Waals surface area contributed by atoms with Gasteiger partial charge in [0.05, 0.1) is 7.11 Å². The van der Waals surface area contributed by atoms with Crippen LogP contribution in [0.3, 0.4) is 0 Å². The van der Waals surface area contributed by atoms with Crippen LogP contribution in [0, 0.1) is 0 Å². The standard InChI is InChI=1S/C18H16ClNO/c1-21-18-9-8-15(14-4-2-3-5-16(14)18)17-10-13(19)7-6-12(17)11-20/h2-10H,11,20H2,1H3. The normalized spacial score (nSPS) is 10.8. The first-order valence-electron chi connectivity index (χ1n) is 6.79. The molecule has 2 nitrogen and oxygen atoms in total. The van der Waals surface area contributed by atoms with Crippen molar-refractivity contribution in [3.05, 3.63) is 65.2 Å². The first kappa shape index (κ1) is 13.9. The first-order chi connectivity index (χ1) is 10.2. The van der Waals surface area contributed by atoms with Gasteiger partial charge < -0.3 is 10.5 Å². The van der Waals surface area contributed by atoms with Crippen molar-refractivity contribution >= 4 is 22.4 Å². The fraction of sp³-hybridized carbons (Fsp3) is 0.111. The molecule has 3 heteroatoms. The van der Waals surface area contributed by atoms with Crippen LogP contribution >= 0.6 is 11.6 Å². The first-order valence-corrected chi connectivity index (χ1v) is 7.17. The number of hydrogen-bond donors (Lipinski definition) is 1. The molecule has 0 radical (unpaired) electrons. The Morgan fingerprint density at radius 2 is 1.71 bits per heavy atom. The zero-order valence-corrected chi connectivity index (χ0v) is 12.5. The largest absolute Gasteiger partial charge is 0.496 e. The van der Waals surface area contributed by atoms with Gasteiger partial charge >= 0.3 is 0 Å². The highest BCUT2D eigenvalue weighted by atomic mass is 35.5. The number of nitrogens with two attached hydrogens (primary N) is 1. The van der Waals surface area contributed by atoms with Crippen LogP contribution in [0.4, 0.5) is 0 Å². The second-order valence-electron chi connectivity index (χ2n) is 4.87. The molecule has 0 fully saturated rings. The molecule has 0 saturated heterocycles. The zero-order chi connectivity index (χ0) is 14.8. The van der Waals surface area contributed by atoms with Gasteiger partial charge in [-0.05, 0) is 40.3 Å². The molecule has 0 bridgehead atoms. The van der Waals surface area contributed by atoms with Crippen LogP contribution in [0.1, 0.15) is 5.56 Å². The molecule has 0 saturated carbocycles. The summed E-state index contributed by atoms with van der Waals surface area (Å²) in [6.45, 7) is 0.479. The van der Waals surface area contributed by atoms with Crippen molar-refractivity contribution in [1.82, 2.24) is 0 Å². The summed E-state index contributed by atoms with van der Waals surface area (Å²) in [5.74, 6) is 0.866. The molecule has 106 valence electrons. The van der Waals surface area contributed by atoms with Gasteiger partial charge in [0.2, 0.25) is 0 Å². The summed E-state index contributed by atoms with van der Waals surface area (Å²) in [4.78, 5) is 0. The number of rotatable bonds is 3. The second kappa shape index (κ2) is 5.76. The molecule has 0 aromatic heterocycles. The lowest BCUT2D eigenvalue weighted by molar-refractivity contribution is 0.420. The molecule has 3 aromatic carbocycles. The summed E-state index contributed by atoms with van der Waals surface area (Å²) in [5.41, 5.74) is 9.14. The van der Waals surface area contributed by atoms with Crippen molar-refractivity contribution in [2.75, 3.05) is 7.11 Å².